The number of aryl methyl sites for hydroxylation is 1. The summed E-state index contributed by atoms with van der Waals surface area (Å²) in [5.74, 6) is 0.850. The molecule has 0 unspecified atom stereocenters. The number of nitrogens with zero attached hydrogens (tertiary/aromatic N) is 4. The Balaban J connectivity index is 1.87. The van der Waals surface area contributed by atoms with Gasteiger partial charge in [0.25, 0.3) is 11.2 Å². The van der Waals surface area contributed by atoms with Crippen molar-refractivity contribution in [3.8, 4) is 11.4 Å². The van der Waals surface area contributed by atoms with Crippen LogP contribution in [0.15, 0.2) is 77.6 Å². The first kappa shape index (κ1) is 19.5. The van der Waals surface area contributed by atoms with Gasteiger partial charge in [-0.05, 0) is 23.8 Å². The first-order valence-electron chi connectivity index (χ1n) is 10.0. The molecule has 5 rings (SSSR count). The van der Waals surface area contributed by atoms with E-state index in [1.54, 1.807) is 6.07 Å². The van der Waals surface area contributed by atoms with Crippen LogP contribution in [0.1, 0.15) is 5.56 Å². The summed E-state index contributed by atoms with van der Waals surface area (Å²) in [6, 6.07) is 21.4. The number of nitro benzene ring substituents is 1. The molecule has 158 valence electrons. The Morgan fingerprint density at radius 2 is 1.72 bits per heavy atom. The highest BCUT2D eigenvalue weighted by Gasteiger charge is 2.22. The van der Waals surface area contributed by atoms with Crippen molar-refractivity contribution in [2.45, 2.75) is 6.54 Å². The molecule has 2 N–H and O–H groups in total. The molecule has 0 radical (unpaired) electrons. The van der Waals surface area contributed by atoms with Gasteiger partial charge in [0, 0.05) is 24.6 Å². The number of pyridine rings is 1. The Bertz CT molecular complexity index is 1570. The zero-order chi connectivity index (χ0) is 22.4. The molecule has 0 aliphatic heterocycles. The molecule has 2 heterocycles. The summed E-state index contributed by atoms with van der Waals surface area (Å²) in [6.07, 6.45) is 0. The molecule has 5 aromatic rings. The molecule has 8 heteroatoms. The molecule has 0 saturated heterocycles. The molecule has 0 spiro atoms. The molecular formula is C24H19N5O3. The van der Waals surface area contributed by atoms with Gasteiger partial charge < -0.3 is 10.3 Å². The van der Waals surface area contributed by atoms with Crippen molar-refractivity contribution in [1.82, 2.24) is 14.1 Å². The van der Waals surface area contributed by atoms with Crippen molar-refractivity contribution in [2.75, 3.05) is 5.73 Å². The predicted octanol–water partition coefficient (Wildman–Crippen LogP) is 4.09. The van der Waals surface area contributed by atoms with E-state index in [0.717, 1.165) is 16.6 Å². The van der Waals surface area contributed by atoms with E-state index in [1.807, 2.05) is 66.2 Å². The van der Waals surface area contributed by atoms with Crippen LogP contribution in [0.5, 0.6) is 0 Å². The van der Waals surface area contributed by atoms with Crippen LogP contribution < -0.4 is 11.3 Å². The highest BCUT2D eigenvalue weighted by Crippen LogP contribution is 2.35. The third kappa shape index (κ3) is 3.01. The minimum Gasteiger partial charge on any atom is -0.384 e. The number of nitrogen functional groups attached to an aromatic ring is 1. The summed E-state index contributed by atoms with van der Waals surface area (Å²) >= 11 is 0. The number of nitro groups is 1. The van der Waals surface area contributed by atoms with Crippen molar-refractivity contribution in [2.24, 2.45) is 7.05 Å². The summed E-state index contributed by atoms with van der Waals surface area (Å²) in [4.78, 5) is 29.0. The third-order valence-electron chi connectivity index (χ3n) is 5.70. The molecule has 0 atom stereocenters. The van der Waals surface area contributed by atoms with Gasteiger partial charge in [-0.2, -0.15) is 0 Å². The van der Waals surface area contributed by atoms with Gasteiger partial charge in [0.15, 0.2) is 0 Å². The zero-order valence-corrected chi connectivity index (χ0v) is 17.2. The van der Waals surface area contributed by atoms with Crippen molar-refractivity contribution in [1.29, 1.82) is 0 Å². The van der Waals surface area contributed by atoms with Crippen molar-refractivity contribution in [3.63, 3.8) is 0 Å². The highest BCUT2D eigenvalue weighted by atomic mass is 16.6. The summed E-state index contributed by atoms with van der Waals surface area (Å²) in [5.41, 5.74) is 9.23. The second-order valence-corrected chi connectivity index (χ2v) is 7.61. The predicted molar refractivity (Wildman–Crippen MR) is 125 cm³/mol. The van der Waals surface area contributed by atoms with E-state index in [4.69, 9.17) is 10.7 Å². The first-order valence-corrected chi connectivity index (χ1v) is 10.0. The molecule has 3 aromatic carbocycles. The first-order chi connectivity index (χ1) is 15.5. The van der Waals surface area contributed by atoms with E-state index in [1.165, 1.54) is 16.7 Å². The van der Waals surface area contributed by atoms with Crippen LogP contribution in [-0.2, 0) is 13.6 Å². The fourth-order valence-electron chi connectivity index (χ4n) is 4.10. The molecule has 32 heavy (non-hydrogen) atoms. The average molecular weight is 425 g/mol. The van der Waals surface area contributed by atoms with Gasteiger partial charge in [0.2, 0.25) is 0 Å². The van der Waals surface area contributed by atoms with Crippen LogP contribution in [0, 0.1) is 10.1 Å². The Hall–Kier alpha value is -4.46. The number of hydrogen-bond acceptors (Lipinski definition) is 5. The number of hydrogen-bond donors (Lipinski definition) is 1. The molecule has 0 bridgehead atoms. The van der Waals surface area contributed by atoms with Crippen LogP contribution in [0.3, 0.4) is 0 Å². The van der Waals surface area contributed by atoms with Crippen LogP contribution >= 0.6 is 0 Å². The molecule has 8 nitrogen and oxygen atoms in total. The lowest BCUT2D eigenvalue weighted by Crippen LogP contribution is -2.25. The van der Waals surface area contributed by atoms with E-state index in [0.29, 0.717) is 16.8 Å². The lowest BCUT2D eigenvalue weighted by Gasteiger charge is -2.17. The summed E-state index contributed by atoms with van der Waals surface area (Å²) in [6.45, 7) is 0.237. The van der Waals surface area contributed by atoms with Gasteiger partial charge in [-0.3, -0.25) is 19.5 Å². The fraction of sp³-hybridized carbons (Fsp3) is 0.0833. The molecule has 2 aromatic heterocycles. The maximum atomic E-state index is 13.4. The number of para-hydroxylation sites is 2. The largest absolute Gasteiger partial charge is 0.384 e. The molecule has 0 aliphatic rings. The second-order valence-electron chi connectivity index (χ2n) is 7.61. The minimum absolute atomic E-state index is 0.151. The number of aromatic nitrogens is 3. The van der Waals surface area contributed by atoms with Crippen molar-refractivity contribution >= 4 is 33.3 Å². The number of nitrogens with two attached hydrogens (primary N) is 1. The van der Waals surface area contributed by atoms with E-state index < -0.39 is 4.92 Å². The molecule has 0 fully saturated rings. The smallest absolute Gasteiger partial charge is 0.270 e. The van der Waals surface area contributed by atoms with E-state index in [-0.39, 0.29) is 29.0 Å². The van der Waals surface area contributed by atoms with Gasteiger partial charge in [-0.1, -0.05) is 42.5 Å². The maximum absolute atomic E-state index is 13.4. The number of benzene rings is 3. The van der Waals surface area contributed by atoms with Crippen LogP contribution in [0.2, 0.25) is 0 Å². The summed E-state index contributed by atoms with van der Waals surface area (Å²) in [7, 11) is 1.88. The maximum Gasteiger partial charge on any atom is 0.270 e. The Morgan fingerprint density at radius 1 is 1.00 bits per heavy atom. The van der Waals surface area contributed by atoms with Crippen molar-refractivity contribution < 1.29 is 4.92 Å². The second kappa shape index (κ2) is 7.35. The molecule has 0 amide bonds. The number of fused-ring (bicyclic) bond motifs is 2. The monoisotopic (exact) mass is 425 g/mol. The van der Waals surface area contributed by atoms with E-state index in [2.05, 4.69) is 0 Å². The average Bonchev–Trinajstić information content (AvgIpc) is 3.13. The van der Waals surface area contributed by atoms with Gasteiger partial charge in [-0.25, -0.2) is 4.98 Å². The molecular weight excluding hydrogens is 406 g/mol. The van der Waals surface area contributed by atoms with Gasteiger partial charge in [0.05, 0.1) is 33.5 Å². The summed E-state index contributed by atoms with van der Waals surface area (Å²) < 4.78 is 3.37. The van der Waals surface area contributed by atoms with Crippen LogP contribution in [0.25, 0.3) is 33.2 Å². The lowest BCUT2D eigenvalue weighted by atomic mass is 10.0. The van der Waals surface area contributed by atoms with Gasteiger partial charge >= 0.3 is 0 Å². The number of non-ortho nitro benzene ring substituents is 1. The van der Waals surface area contributed by atoms with Gasteiger partial charge in [-0.15, -0.1) is 0 Å². The molecule has 0 saturated carbocycles. The SMILES string of the molecule is Cn1c(-c2c(N)n(Cc3ccccc3)c(=O)c3cc([N+](=O)[O-])ccc23)nc2ccccc21. The topological polar surface area (TPSA) is 109 Å². The van der Waals surface area contributed by atoms with E-state index in [9.17, 15) is 14.9 Å². The van der Waals surface area contributed by atoms with E-state index >= 15 is 0 Å². The van der Waals surface area contributed by atoms with Crippen LogP contribution in [-0.4, -0.2) is 19.0 Å². The third-order valence-corrected chi connectivity index (χ3v) is 5.70. The Labute approximate surface area is 182 Å². The Morgan fingerprint density at radius 3 is 2.44 bits per heavy atom. The number of imidazole rings is 1. The zero-order valence-electron chi connectivity index (χ0n) is 17.2. The normalized spacial score (nSPS) is 11.3. The van der Waals surface area contributed by atoms with Crippen molar-refractivity contribution in [3.05, 3.63) is 98.8 Å². The fourth-order valence-corrected chi connectivity index (χ4v) is 4.10. The molecule has 0 aliphatic carbocycles. The van der Waals surface area contributed by atoms with Gasteiger partial charge in [0.1, 0.15) is 11.6 Å². The number of rotatable bonds is 4. The summed E-state index contributed by atoms with van der Waals surface area (Å²) in [5, 5.41) is 12.1. The number of anilines is 1. The minimum atomic E-state index is -0.508. The Kier molecular flexibility index (Phi) is 4.48. The van der Waals surface area contributed by atoms with Crippen LogP contribution in [0.4, 0.5) is 11.5 Å². The quantitative estimate of drug-likeness (QED) is 0.344. The standard InChI is InChI=1S/C24H19N5O3/c1-27-20-10-6-5-9-19(20)26-23(27)21-17-12-11-16(29(31)32)13-18(17)24(30)28(22(21)25)14-15-7-3-2-4-8-15/h2-13H,14,25H2,1H3. The highest BCUT2D eigenvalue weighted by molar-refractivity contribution is 6.01. The lowest BCUT2D eigenvalue weighted by molar-refractivity contribution is -0.384.